The highest BCUT2D eigenvalue weighted by molar-refractivity contribution is 7.88. The van der Waals surface area contributed by atoms with Crippen LogP contribution in [0.5, 0.6) is 0 Å². The maximum absolute atomic E-state index is 12.9. The molecule has 1 aliphatic rings. The smallest absolute Gasteiger partial charge is 0.218 e. The molecule has 0 N–H and O–H groups in total. The highest BCUT2D eigenvalue weighted by Crippen LogP contribution is 2.25. The van der Waals surface area contributed by atoms with Crippen LogP contribution >= 0.6 is 0 Å². The molecule has 1 saturated heterocycles. The predicted octanol–water partition coefficient (Wildman–Crippen LogP) is 3.73. The molecule has 0 saturated carbocycles. The van der Waals surface area contributed by atoms with E-state index in [1.165, 1.54) is 4.31 Å². The topological polar surface area (TPSA) is 54.5 Å². The number of Topliss-reactive ketones (excluding diaryl/α,β-unsaturated/α-hetero) is 1. The van der Waals surface area contributed by atoms with Gasteiger partial charge in [0.25, 0.3) is 0 Å². The molecule has 2 aromatic rings. The Labute approximate surface area is 155 Å². The van der Waals surface area contributed by atoms with Crippen molar-refractivity contribution in [3.63, 3.8) is 0 Å². The van der Waals surface area contributed by atoms with Gasteiger partial charge in [0.2, 0.25) is 10.0 Å². The zero-order chi connectivity index (χ0) is 18.7. The molecule has 0 amide bonds. The number of aryl methyl sites for hydroxylation is 2. The summed E-state index contributed by atoms with van der Waals surface area (Å²) >= 11 is 0. The van der Waals surface area contributed by atoms with Gasteiger partial charge in [0.05, 0.1) is 5.75 Å². The molecular formula is C21H25NO3S. The maximum Gasteiger partial charge on any atom is 0.218 e. The average Bonchev–Trinajstić information content (AvgIpc) is 2.64. The van der Waals surface area contributed by atoms with E-state index in [0.717, 1.165) is 29.5 Å². The Balaban J connectivity index is 1.74. The van der Waals surface area contributed by atoms with E-state index in [4.69, 9.17) is 0 Å². The maximum atomic E-state index is 12.9. The van der Waals surface area contributed by atoms with E-state index < -0.39 is 10.0 Å². The summed E-state index contributed by atoms with van der Waals surface area (Å²) in [6.07, 6.45) is 1.46. The molecule has 5 heteroatoms. The number of carbonyl (C=O) groups is 1. The van der Waals surface area contributed by atoms with Gasteiger partial charge < -0.3 is 0 Å². The van der Waals surface area contributed by atoms with Crippen LogP contribution < -0.4 is 0 Å². The van der Waals surface area contributed by atoms with Crippen LogP contribution in [-0.2, 0) is 15.8 Å². The van der Waals surface area contributed by atoms with E-state index in [1.807, 2.05) is 62.4 Å². The minimum absolute atomic E-state index is 0.00881. The second kappa shape index (κ2) is 7.72. The normalized spacial score (nSPS) is 18.6. The van der Waals surface area contributed by atoms with Crippen LogP contribution in [0.1, 0.15) is 39.9 Å². The molecule has 0 aromatic heterocycles. The van der Waals surface area contributed by atoms with Gasteiger partial charge in [0.15, 0.2) is 5.78 Å². The lowest BCUT2D eigenvalue weighted by Crippen LogP contribution is -2.42. The first-order valence-corrected chi connectivity index (χ1v) is 10.6. The van der Waals surface area contributed by atoms with E-state index in [-0.39, 0.29) is 24.0 Å². The van der Waals surface area contributed by atoms with Crippen molar-refractivity contribution in [1.82, 2.24) is 4.31 Å². The first kappa shape index (κ1) is 18.8. The van der Waals surface area contributed by atoms with Gasteiger partial charge in [-0.25, -0.2) is 12.7 Å². The van der Waals surface area contributed by atoms with Gasteiger partial charge in [-0.15, -0.1) is 0 Å². The van der Waals surface area contributed by atoms with Crippen molar-refractivity contribution in [3.8, 4) is 0 Å². The lowest BCUT2D eigenvalue weighted by molar-refractivity contribution is 0.0872. The van der Waals surface area contributed by atoms with Crippen molar-refractivity contribution in [1.29, 1.82) is 0 Å². The van der Waals surface area contributed by atoms with Gasteiger partial charge in [-0.1, -0.05) is 54.1 Å². The number of carbonyl (C=O) groups excluding carboxylic acids is 1. The van der Waals surface area contributed by atoms with Gasteiger partial charge in [-0.2, -0.15) is 0 Å². The fourth-order valence-electron chi connectivity index (χ4n) is 3.42. The number of ketones is 1. The number of hydrogen-bond donors (Lipinski definition) is 0. The Morgan fingerprint density at radius 2 is 1.77 bits per heavy atom. The minimum atomic E-state index is -3.43. The Hall–Kier alpha value is -1.98. The standard InChI is InChI=1S/C21H25NO3S/c1-16-9-11-18(12-10-16)21(23)19-8-5-13-22(14-19)26(24,25)15-20-7-4-3-6-17(20)2/h3-4,6-7,9-12,19H,5,8,13-15H2,1-2H3. The molecular weight excluding hydrogens is 346 g/mol. The van der Waals surface area contributed by atoms with E-state index in [2.05, 4.69) is 0 Å². The van der Waals surface area contributed by atoms with Crippen LogP contribution in [-0.4, -0.2) is 31.6 Å². The van der Waals surface area contributed by atoms with E-state index in [9.17, 15) is 13.2 Å². The first-order valence-electron chi connectivity index (χ1n) is 9.00. The van der Waals surface area contributed by atoms with E-state index in [1.54, 1.807) is 0 Å². The summed E-state index contributed by atoms with van der Waals surface area (Å²) in [5, 5.41) is 0. The quantitative estimate of drug-likeness (QED) is 0.753. The summed E-state index contributed by atoms with van der Waals surface area (Å²) in [7, 11) is -3.43. The van der Waals surface area contributed by atoms with Crippen molar-refractivity contribution in [2.75, 3.05) is 13.1 Å². The van der Waals surface area contributed by atoms with Crippen LogP contribution in [0.4, 0.5) is 0 Å². The third-order valence-corrected chi connectivity index (χ3v) is 6.88. The van der Waals surface area contributed by atoms with Gasteiger partial charge in [-0.3, -0.25) is 4.79 Å². The summed E-state index contributed by atoms with van der Waals surface area (Å²) in [5.74, 6) is -0.232. The van der Waals surface area contributed by atoms with Gasteiger partial charge >= 0.3 is 0 Å². The number of piperidine rings is 1. The van der Waals surface area contributed by atoms with Crippen LogP contribution in [0.3, 0.4) is 0 Å². The highest BCUT2D eigenvalue weighted by atomic mass is 32.2. The molecule has 4 nitrogen and oxygen atoms in total. The largest absolute Gasteiger partial charge is 0.294 e. The SMILES string of the molecule is Cc1ccc(C(=O)C2CCCN(S(=O)(=O)Cc3ccccc3C)C2)cc1. The number of nitrogens with zero attached hydrogens (tertiary/aromatic N) is 1. The average molecular weight is 372 g/mol. The van der Waals surface area contributed by atoms with Crippen molar-refractivity contribution >= 4 is 15.8 Å². The number of rotatable bonds is 5. The Morgan fingerprint density at radius 1 is 1.08 bits per heavy atom. The second-order valence-electron chi connectivity index (χ2n) is 7.11. The zero-order valence-corrected chi connectivity index (χ0v) is 16.1. The molecule has 1 atom stereocenters. The van der Waals surface area contributed by atoms with Gasteiger partial charge in [0.1, 0.15) is 0 Å². The molecule has 3 rings (SSSR count). The van der Waals surface area contributed by atoms with Gasteiger partial charge in [-0.05, 0) is 37.8 Å². The van der Waals surface area contributed by atoms with Crippen LogP contribution in [0, 0.1) is 19.8 Å². The summed E-state index contributed by atoms with van der Waals surface area (Å²) < 4.78 is 27.2. The molecule has 26 heavy (non-hydrogen) atoms. The lowest BCUT2D eigenvalue weighted by Gasteiger charge is -2.31. The van der Waals surface area contributed by atoms with Crippen molar-refractivity contribution in [2.24, 2.45) is 5.92 Å². The minimum Gasteiger partial charge on any atom is -0.294 e. The summed E-state index contributed by atoms with van der Waals surface area (Å²) in [6.45, 7) is 4.67. The van der Waals surface area contributed by atoms with Crippen molar-refractivity contribution in [3.05, 3.63) is 70.8 Å². The summed E-state index contributed by atoms with van der Waals surface area (Å²) in [5.41, 5.74) is 3.56. The third-order valence-electron chi connectivity index (χ3n) is 5.08. The van der Waals surface area contributed by atoms with Crippen LogP contribution in [0.25, 0.3) is 0 Å². The molecule has 1 aliphatic heterocycles. The Bertz CT molecular complexity index is 888. The van der Waals surface area contributed by atoms with Crippen LogP contribution in [0.2, 0.25) is 0 Å². The number of sulfonamides is 1. The number of hydrogen-bond acceptors (Lipinski definition) is 3. The van der Waals surface area contributed by atoms with Gasteiger partial charge in [0, 0.05) is 24.6 Å². The second-order valence-corrected chi connectivity index (χ2v) is 9.08. The summed E-state index contributed by atoms with van der Waals surface area (Å²) in [6, 6.07) is 15.0. The van der Waals surface area contributed by atoms with E-state index >= 15 is 0 Å². The zero-order valence-electron chi connectivity index (χ0n) is 15.3. The molecule has 1 heterocycles. The lowest BCUT2D eigenvalue weighted by atomic mass is 9.91. The van der Waals surface area contributed by atoms with Crippen molar-refractivity contribution < 1.29 is 13.2 Å². The monoisotopic (exact) mass is 371 g/mol. The summed E-state index contributed by atoms with van der Waals surface area (Å²) in [4.78, 5) is 12.8. The first-order chi connectivity index (χ1) is 12.4. The fourth-order valence-corrected chi connectivity index (χ4v) is 5.14. The number of benzene rings is 2. The molecule has 2 aromatic carbocycles. The van der Waals surface area contributed by atoms with Crippen LogP contribution in [0.15, 0.2) is 48.5 Å². The molecule has 0 bridgehead atoms. The molecule has 1 unspecified atom stereocenters. The third kappa shape index (κ3) is 4.22. The molecule has 0 spiro atoms. The fraction of sp³-hybridized carbons (Fsp3) is 0.381. The highest BCUT2D eigenvalue weighted by Gasteiger charge is 2.32. The predicted molar refractivity (Wildman–Crippen MR) is 104 cm³/mol. The molecule has 1 fully saturated rings. The Morgan fingerprint density at radius 3 is 2.46 bits per heavy atom. The van der Waals surface area contributed by atoms with Crippen molar-refractivity contribution in [2.45, 2.75) is 32.4 Å². The van der Waals surface area contributed by atoms with E-state index in [0.29, 0.717) is 12.1 Å². The molecule has 0 radical (unpaired) electrons. The molecule has 138 valence electrons. The Kier molecular flexibility index (Phi) is 5.58. The molecule has 0 aliphatic carbocycles.